The Hall–Kier alpha value is -1.61. The molecule has 2 aromatic rings. The van der Waals surface area contributed by atoms with Crippen LogP contribution in [0.4, 0.5) is 0 Å². The van der Waals surface area contributed by atoms with Crippen molar-refractivity contribution in [2.45, 2.75) is 24.2 Å². The Morgan fingerprint density at radius 2 is 1.97 bits per heavy atom. The second-order valence-electron chi connectivity index (χ2n) is 7.29. The predicted molar refractivity (Wildman–Crippen MR) is 115 cm³/mol. The monoisotopic (exact) mass is 500 g/mol. The molecule has 0 spiro atoms. The van der Waals surface area contributed by atoms with Gasteiger partial charge in [-0.3, -0.25) is 4.79 Å². The summed E-state index contributed by atoms with van der Waals surface area (Å²) in [7, 11) is -3.69. The van der Waals surface area contributed by atoms with Gasteiger partial charge in [0.2, 0.25) is 15.9 Å². The van der Waals surface area contributed by atoms with Gasteiger partial charge in [-0.25, -0.2) is 8.42 Å². The second kappa shape index (κ2) is 9.04. The SMILES string of the molecule is NC(=O)C[C@]1(COc2cccc(Cl)c2)CCCN(S(=O)(=O)c2ccc(Br)cc2)C1. The van der Waals surface area contributed by atoms with Crippen LogP contribution in [-0.2, 0) is 14.8 Å². The first kappa shape index (κ1) is 22.1. The van der Waals surface area contributed by atoms with Crippen LogP contribution in [0.15, 0.2) is 57.9 Å². The van der Waals surface area contributed by atoms with Gasteiger partial charge < -0.3 is 10.5 Å². The highest BCUT2D eigenvalue weighted by Crippen LogP contribution is 2.37. The topological polar surface area (TPSA) is 89.7 Å². The van der Waals surface area contributed by atoms with Crippen LogP contribution in [0.2, 0.25) is 5.02 Å². The summed E-state index contributed by atoms with van der Waals surface area (Å²) in [5.74, 6) is 0.0804. The van der Waals surface area contributed by atoms with E-state index in [1.807, 2.05) is 0 Å². The van der Waals surface area contributed by atoms with Crippen molar-refractivity contribution in [1.29, 1.82) is 0 Å². The van der Waals surface area contributed by atoms with Crippen molar-refractivity contribution in [2.75, 3.05) is 19.7 Å². The van der Waals surface area contributed by atoms with E-state index in [0.29, 0.717) is 30.2 Å². The van der Waals surface area contributed by atoms with E-state index in [1.54, 1.807) is 48.5 Å². The van der Waals surface area contributed by atoms with E-state index in [0.717, 1.165) is 4.47 Å². The van der Waals surface area contributed by atoms with Crippen LogP contribution < -0.4 is 10.5 Å². The molecule has 1 aliphatic rings. The quantitative estimate of drug-likeness (QED) is 0.624. The fraction of sp³-hybridized carbons (Fsp3) is 0.350. The molecule has 2 aromatic carbocycles. The summed E-state index contributed by atoms with van der Waals surface area (Å²) in [6.07, 6.45) is 1.30. The normalized spacial score (nSPS) is 20.3. The van der Waals surface area contributed by atoms with E-state index in [1.165, 1.54) is 4.31 Å². The lowest BCUT2D eigenvalue weighted by atomic mass is 9.78. The Balaban J connectivity index is 1.83. The fourth-order valence-electron chi connectivity index (χ4n) is 3.60. The molecular weight excluding hydrogens is 480 g/mol. The highest BCUT2D eigenvalue weighted by atomic mass is 79.9. The summed E-state index contributed by atoms with van der Waals surface area (Å²) in [6.45, 7) is 0.716. The van der Waals surface area contributed by atoms with Crippen LogP contribution in [0.1, 0.15) is 19.3 Å². The molecule has 0 bridgehead atoms. The number of ether oxygens (including phenoxy) is 1. The van der Waals surface area contributed by atoms with Gasteiger partial charge in [0.05, 0.1) is 11.5 Å². The van der Waals surface area contributed by atoms with Gasteiger partial charge in [-0.15, -0.1) is 0 Å². The third kappa shape index (κ3) is 5.51. The number of amides is 1. The maximum atomic E-state index is 13.1. The minimum Gasteiger partial charge on any atom is -0.493 e. The molecule has 0 unspecified atom stereocenters. The van der Waals surface area contributed by atoms with Gasteiger partial charge in [-0.2, -0.15) is 4.31 Å². The van der Waals surface area contributed by atoms with Crippen molar-refractivity contribution < 1.29 is 17.9 Å². The van der Waals surface area contributed by atoms with Crippen molar-refractivity contribution >= 4 is 43.5 Å². The number of carbonyl (C=O) groups is 1. The highest BCUT2D eigenvalue weighted by Gasteiger charge is 2.42. The summed E-state index contributed by atoms with van der Waals surface area (Å²) in [5.41, 5.74) is 4.80. The maximum absolute atomic E-state index is 13.1. The smallest absolute Gasteiger partial charge is 0.243 e. The molecule has 0 saturated carbocycles. The first-order chi connectivity index (χ1) is 13.7. The summed E-state index contributed by atoms with van der Waals surface area (Å²) in [4.78, 5) is 12.0. The summed E-state index contributed by atoms with van der Waals surface area (Å²) < 4.78 is 34.4. The standard InChI is InChI=1S/C20H22BrClN2O4S/c21-15-5-7-18(8-6-15)29(26,27)24-10-2-9-20(13-24,12-19(23)25)14-28-17-4-1-3-16(22)11-17/h1,3-8,11H,2,9-10,12-14H2,(H2,23,25)/t20-/m1/s1. The van der Waals surface area contributed by atoms with Gasteiger partial charge in [0.1, 0.15) is 5.75 Å². The molecule has 3 rings (SSSR count). The predicted octanol–water partition coefficient (Wildman–Crippen LogP) is 3.83. The number of rotatable bonds is 7. The molecule has 9 heteroatoms. The van der Waals surface area contributed by atoms with E-state index < -0.39 is 21.3 Å². The van der Waals surface area contributed by atoms with Crippen LogP contribution in [0.25, 0.3) is 0 Å². The number of carbonyl (C=O) groups excluding carboxylic acids is 1. The number of nitrogens with zero attached hydrogens (tertiary/aromatic N) is 1. The molecule has 0 aliphatic carbocycles. The van der Waals surface area contributed by atoms with Crippen molar-refractivity contribution in [3.8, 4) is 5.75 Å². The Morgan fingerprint density at radius 1 is 1.24 bits per heavy atom. The van der Waals surface area contributed by atoms with E-state index >= 15 is 0 Å². The molecule has 1 atom stereocenters. The summed E-state index contributed by atoms with van der Waals surface area (Å²) >= 11 is 9.32. The lowest BCUT2D eigenvalue weighted by Gasteiger charge is -2.41. The number of hydrogen-bond donors (Lipinski definition) is 1. The van der Waals surface area contributed by atoms with Gasteiger partial charge in [0, 0.05) is 34.4 Å². The van der Waals surface area contributed by atoms with Crippen LogP contribution in [0.3, 0.4) is 0 Å². The minimum absolute atomic E-state index is 0.0416. The Labute approximate surface area is 184 Å². The van der Waals surface area contributed by atoms with E-state index in [9.17, 15) is 13.2 Å². The molecule has 1 amide bonds. The number of primary amides is 1. The first-order valence-electron chi connectivity index (χ1n) is 9.13. The number of sulfonamides is 1. The average molecular weight is 502 g/mol. The van der Waals surface area contributed by atoms with Crippen LogP contribution in [0.5, 0.6) is 5.75 Å². The van der Waals surface area contributed by atoms with Gasteiger partial charge in [-0.1, -0.05) is 33.6 Å². The number of halogens is 2. The number of benzene rings is 2. The Bertz CT molecular complexity index is 984. The number of piperidine rings is 1. The molecular formula is C20H22BrClN2O4S. The zero-order valence-electron chi connectivity index (χ0n) is 15.7. The van der Waals surface area contributed by atoms with E-state index in [4.69, 9.17) is 22.1 Å². The van der Waals surface area contributed by atoms with Crippen LogP contribution in [0, 0.1) is 5.41 Å². The summed E-state index contributed by atoms with van der Waals surface area (Å²) in [5, 5.41) is 0.537. The van der Waals surface area contributed by atoms with Crippen molar-refractivity contribution in [1.82, 2.24) is 4.31 Å². The Morgan fingerprint density at radius 3 is 2.62 bits per heavy atom. The van der Waals surface area contributed by atoms with Gasteiger partial charge in [0.15, 0.2) is 0 Å². The zero-order chi connectivity index (χ0) is 21.1. The largest absolute Gasteiger partial charge is 0.493 e. The molecule has 2 N–H and O–H groups in total. The zero-order valence-corrected chi connectivity index (χ0v) is 18.8. The fourth-order valence-corrected chi connectivity index (χ4v) is 5.64. The molecule has 1 fully saturated rings. The molecule has 29 heavy (non-hydrogen) atoms. The molecule has 1 aliphatic heterocycles. The number of nitrogens with two attached hydrogens (primary N) is 1. The van der Waals surface area contributed by atoms with E-state index in [-0.39, 0.29) is 24.5 Å². The van der Waals surface area contributed by atoms with Crippen molar-refractivity contribution in [3.05, 3.63) is 58.0 Å². The maximum Gasteiger partial charge on any atom is 0.243 e. The summed E-state index contributed by atoms with van der Waals surface area (Å²) in [6, 6.07) is 13.5. The molecule has 0 aromatic heterocycles. The lowest BCUT2D eigenvalue weighted by Crippen LogP contribution is -2.50. The third-order valence-corrected chi connectivity index (χ3v) is 7.59. The lowest BCUT2D eigenvalue weighted by molar-refractivity contribution is -0.121. The van der Waals surface area contributed by atoms with Gasteiger partial charge in [-0.05, 0) is 55.3 Å². The minimum atomic E-state index is -3.69. The first-order valence-corrected chi connectivity index (χ1v) is 11.7. The van der Waals surface area contributed by atoms with Crippen molar-refractivity contribution in [3.63, 3.8) is 0 Å². The van der Waals surface area contributed by atoms with Gasteiger partial charge in [0.25, 0.3) is 0 Å². The van der Waals surface area contributed by atoms with E-state index in [2.05, 4.69) is 15.9 Å². The average Bonchev–Trinajstić information content (AvgIpc) is 2.67. The third-order valence-electron chi connectivity index (χ3n) is 4.97. The van der Waals surface area contributed by atoms with Crippen LogP contribution >= 0.6 is 27.5 Å². The molecule has 6 nitrogen and oxygen atoms in total. The van der Waals surface area contributed by atoms with Crippen LogP contribution in [-0.4, -0.2) is 38.3 Å². The number of hydrogen-bond acceptors (Lipinski definition) is 4. The molecule has 1 heterocycles. The van der Waals surface area contributed by atoms with Gasteiger partial charge >= 0.3 is 0 Å². The Kier molecular flexibility index (Phi) is 6.88. The second-order valence-corrected chi connectivity index (χ2v) is 10.6. The molecule has 156 valence electrons. The molecule has 0 radical (unpaired) electrons. The van der Waals surface area contributed by atoms with Crippen molar-refractivity contribution in [2.24, 2.45) is 11.1 Å². The molecule has 1 saturated heterocycles. The highest BCUT2D eigenvalue weighted by molar-refractivity contribution is 9.10.